The van der Waals surface area contributed by atoms with Crippen molar-refractivity contribution in [3.05, 3.63) is 28.2 Å². The average molecular weight is 374 g/mol. The molecule has 1 aromatic rings. The Morgan fingerprint density at radius 3 is 2.75 bits per heavy atom. The van der Waals surface area contributed by atoms with Crippen LogP contribution in [0, 0.1) is 5.92 Å². The van der Waals surface area contributed by atoms with E-state index in [1.807, 2.05) is 4.90 Å². The smallest absolute Gasteiger partial charge is 0.260 e. The van der Waals surface area contributed by atoms with E-state index in [2.05, 4.69) is 0 Å². The number of amides is 1. The highest BCUT2D eigenvalue weighted by atomic mass is 35.5. The van der Waals surface area contributed by atoms with Crippen molar-refractivity contribution in [3.8, 4) is 5.75 Å². The first-order chi connectivity index (χ1) is 11.5. The second-order valence-electron chi connectivity index (χ2n) is 6.29. The molecule has 24 heavy (non-hydrogen) atoms. The van der Waals surface area contributed by atoms with Crippen molar-refractivity contribution in [2.75, 3.05) is 26.4 Å². The highest BCUT2D eigenvalue weighted by molar-refractivity contribution is 6.34. The van der Waals surface area contributed by atoms with Crippen LogP contribution in [-0.2, 0) is 9.53 Å². The number of rotatable bonds is 4. The summed E-state index contributed by atoms with van der Waals surface area (Å²) in [7, 11) is 0. The lowest BCUT2D eigenvalue weighted by atomic mass is 9.89. The average Bonchev–Trinajstić information content (AvgIpc) is 3.01. The lowest BCUT2D eigenvalue weighted by molar-refractivity contribution is -0.138. The number of hydrogen-bond acceptors (Lipinski definition) is 4. The monoisotopic (exact) mass is 373 g/mol. The van der Waals surface area contributed by atoms with Crippen molar-refractivity contribution in [3.63, 3.8) is 0 Å². The van der Waals surface area contributed by atoms with Crippen LogP contribution in [-0.4, -0.2) is 54.4 Å². The molecule has 1 aromatic carbocycles. The molecule has 2 aliphatic rings. The number of ether oxygens (including phenoxy) is 2. The van der Waals surface area contributed by atoms with E-state index in [4.69, 9.17) is 32.7 Å². The van der Waals surface area contributed by atoms with Gasteiger partial charge in [-0.1, -0.05) is 23.2 Å². The first kappa shape index (κ1) is 17.8. The molecule has 5 nitrogen and oxygen atoms in total. The van der Waals surface area contributed by atoms with E-state index in [0.717, 1.165) is 12.8 Å². The SMILES string of the molecule is O=C(COc1cc(Cl)cc(Cl)c1)N1CCC[C@@H]1[C@@H]1COCC[C@@H]1O. The maximum atomic E-state index is 12.6. The zero-order chi connectivity index (χ0) is 17.1. The summed E-state index contributed by atoms with van der Waals surface area (Å²) >= 11 is 11.9. The summed E-state index contributed by atoms with van der Waals surface area (Å²) in [6.45, 7) is 1.70. The Labute approximate surface area is 151 Å². The van der Waals surface area contributed by atoms with Crippen LogP contribution in [0.4, 0.5) is 0 Å². The van der Waals surface area contributed by atoms with E-state index in [-0.39, 0.29) is 24.5 Å². The Hall–Kier alpha value is -1.01. The fraction of sp³-hybridized carbons (Fsp3) is 0.588. The normalized spacial score (nSPS) is 27.3. The van der Waals surface area contributed by atoms with Crippen LogP contribution in [0.5, 0.6) is 5.75 Å². The molecule has 0 spiro atoms. The number of halogens is 2. The molecule has 2 saturated heterocycles. The first-order valence-electron chi connectivity index (χ1n) is 8.19. The Bertz CT molecular complexity index is 578. The predicted molar refractivity (Wildman–Crippen MR) is 91.6 cm³/mol. The molecule has 3 rings (SSSR count). The summed E-state index contributed by atoms with van der Waals surface area (Å²) in [5.41, 5.74) is 0. The van der Waals surface area contributed by atoms with E-state index >= 15 is 0 Å². The lowest BCUT2D eigenvalue weighted by Gasteiger charge is -2.36. The molecule has 7 heteroatoms. The molecular weight excluding hydrogens is 353 g/mol. The first-order valence-corrected chi connectivity index (χ1v) is 8.94. The lowest BCUT2D eigenvalue weighted by Crippen LogP contribution is -2.49. The van der Waals surface area contributed by atoms with Gasteiger partial charge in [-0.3, -0.25) is 4.79 Å². The fourth-order valence-corrected chi connectivity index (χ4v) is 4.01. The molecule has 2 heterocycles. The van der Waals surface area contributed by atoms with Crippen molar-refractivity contribution in [1.82, 2.24) is 4.90 Å². The standard InChI is InChI=1S/C17H21Cl2NO4/c18-11-6-12(19)8-13(7-11)24-10-17(22)20-4-1-2-15(20)14-9-23-5-3-16(14)21/h6-8,14-16,21H,1-5,9-10H2/t14-,15+,16-/m0/s1. The van der Waals surface area contributed by atoms with Gasteiger partial charge in [-0.15, -0.1) is 0 Å². The third-order valence-corrected chi connectivity index (χ3v) is 5.11. The summed E-state index contributed by atoms with van der Waals surface area (Å²) < 4.78 is 11.0. The molecule has 2 aliphatic heterocycles. The van der Waals surface area contributed by atoms with Gasteiger partial charge in [-0.2, -0.15) is 0 Å². The second-order valence-corrected chi connectivity index (χ2v) is 7.16. The molecule has 0 aliphatic carbocycles. The molecule has 0 aromatic heterocycles. The molecule has 0 saturated carbocycles. The van der Waals surface area contributed by atoms with Crippen LogP contribution in [0.15, 0.2) is 18.2 Å². The van der Waals surface area contributed by atoms with Crippen LogP contribution < -0.4 is 4.74 Å². The molecule has 132 valence electrons. The molecular formula is C17H21Cl2NO4. The highest BCUT2D eigenvalue weighted by Crippen LogP contribution is 2.30. The summed E-state index contributed by atoms with van der Waals surface area (Å²) in [5.74, 6) is 0.356. The van der Waals surface area contributed by atoms with Gasteiger partial charge in [-0.05, 0) is 37.5 Å². The number of benzene rings is 1. The Balaban J connectivity index is 1.61. The van der Waals surface area contributed by atoms with Gasteiger partial charge in [0.15, 0.2) is 6.61 Å². The van der Waals surface area contributed by atoms with E-state index in [0.29, 0.717) is 42.0 Å². The van der Waals surface area contributed by atoms with E-state index in [1.165, 1.54) is 0 Å². The zero-order valence-corrected chi connectivity index (χ0v) is 14.8. The van der Waals surface area contributed by atoms with Crippen molar-refractivity contribution in [2.24, 2.45) is 5.92 Å². The number of hydrogen-bond donors (Lipinski definition) is 1. The Morgan fingerprint density at radius 2 is 2.04 bits per heavy atom. The van der Waals surface area contributed by atoms with Gasteiger partial charge >= 0.3 is 0 Å². The van der Waals surface area contributed by atoms with Crippen LogP contribution in [0.2, 0.25) is 10.0 Å². The Kier molecular flexibility index (Phi) is 5.87. The molecule has 1 amide bonds. The van der Waals surface area contributed by atoms with E-state index in [1.54, 1.807) is 18.2 Å². The zero-order valence-electron chi connectivity index (χ0n) is 13.3. The van der Waals surface area contributed by atoms with Crippen molar-refractivity contribution in [2.45, 2.75) is 31.4 Å². The van der Waals surface area contributed by atoms with Gasteiger partial charge < -0.3 is 19.5 Å². The molecule has 1 N–H and O–H groups in total. The minimum absolute atomic E-state index is 0.0133. The van der Waals surface area contributed by atoms with Crippen molar-refractivity contribution < 1.29 is 19.4 Å². The summed E-state index contributed by atoms with van der Waals surface area (Å²) in [5, 5.41) is 11.1. The third kappa shape index (κ3) is 4.14. The minimum Gasteiger partial charge on any atom is -0.484 e. The number of aliphatic hydroxyl groups excluding tert-OH is 1. The Morgan fingerprint density at radius 1 is 1.29 bits per heavy atom. The van der Waals surface area contributed by atoms with E-state index < -0.39 is 6.10 Å². The van der Waals surface area contributed by atoms with Gasteiger partial charge in [0.1, 0.15) is 5.75 Å². The molecule has 0 unspecified atom stereocenters. The number of nitrogens with zero attached hydrogens (tertiary/aromatic N) is 1. The predicted octanol–water partition coefficient (Wildman–Crippen LogP) is 2.76. The maximum Gasteiger partial charge on any atom is 0.260 e. The minimum atomic E-state index is -0.412. The summed E-state index contributed by atoms with van der Waals surface area (Å²) in [6, 6.07) is 4.87. The van der Waals surface area contributed by atoms with E-state index in [9.17, 15) is 9.90 Å². The number of carbonyl (C=O) groups is 1. The summed E-state index contributed by atoms with van der Waals surface area (Å²) in [6.07, 6.45) is 2.04. The van der Waals surface area contributed by atoms with Crippen molar-refractivity contribution >= 4 is 29.1 Å². The maximum absolute atomic E-state index is 12.6. The molecule has 0 radical (unpaired) electrons. The van der Waals surface area contributed by atoms with Crippen LogP contribution in [0.25, 0.3) is 0 Å². The topological polar surface area (TPSA) is 59.0 Å². The molecule has 0 bridgehead atoms. The van der Waals surface area contributed by atoms with Gasteiger partial charge in [0.05, 0.1) is 12.7 Å². The highest BCUT2D eigenvalue weighted by Gasteiger charge is 2.39. The largest absolute Gasteiger partial charge is 0.484 e. The third-order valence-electron chi connectivity index (χ3n) is 4.67. The van der Waals surface area contributed by atoms with Crippen LogP contribution >= 0.6 is 23.2 Å². The van der Waals surface area contributed by atoms with Crippen LogP contribution in [0.3, 0.4) is 0 Å². The number of aliphatic hydroxyl groups is 1. The summed E-state index contributed by atoms with van der Waals surface area (Å²) in [4.78, 5) is 14.4. The molecule has 3 atom stereocenters. The second kappa shape index (κ2) is 7.91. The van der Waals surface area contributed by atoms with Gasteiger partial charge in [0.25, 0.3) is 5.91 Å². The number of carbonyl (C=O) groups excluding carboxylic acids is 1. The number of likely N-dealkylation sites (tertiary alicyclic amines) is 1. The van der Waals surface area contributed by atoms with Gasteiger partial charge in [-0.25, -0.2) is 0 Å². The fourth-order valence-electron chi connectivity index (χ4n) is 3.50. The van der Waals surface area contributed by atoms with Crippen molar-refractivity contribution in [1.29, 1.82) is 0 Å². The van der Waals surface area contributed by atoms with Gasteiger partial charge in [0, 0.05) is 35.2 Å². The molecule has 2 fully saturated rings. The van der Waals surface area contributed by atoms with Gasteiger partial charge in [0.2, 0.25) is 0 Å². The van der Waals surface area contributed by atoms with Crippen LogP contribution in [0.1, 0.15) is 19.3 Å². The quantitative estimate of drug-likeness (QED) is 0.881.